The van der Waals surface area contributed by atoms with Gasteiger partial charge >= 0.3 is 0 Å². The quantitative estimate of drug-likeness (QED) is 0.503. The van der Waals surface area contributed by atoms with Crippen molar-refractivity contribution in [3.8, 4) is 0 Å². The Balaban J connectivity index is 2.07. The molecule has 5 nitrogen and oxygen atoms in total. The molecule has 1 aliphatic carbocycles. The number of nitrogens with two attached hydrogens (primary N) is 1. The van der Waals surface area contributed by atoms with Crippen LogP contribution in [0, 0.1) is 5.92 Å². The van der Waals surface area contributed by atoms with Crippen molar-refractivity contribution in [1.82, 2.24) is 10.6 Å². The number of nitrogens with one attached hydrogen (secondary N) is 2. The molecule has 1 rings (SSSR count). The molecule has 1 fully saturated rings. The highest BCUT2D eigenvalue weighted by molar-refractivity contribution is 5.85. The highest BCUT2D eigenvalue weighted by atomic mass is 16.2. The molecule has 0 spiro atoms. The molecule has 2 unspecified atom stereocenters. The van der Waals surface area contributed by atoms with Gasteiger partial charge in [-0.15, -0.1) is 0 Å². The molecule has 0 aromatic carbocycles. The van der Waals surface area contributed by atoms with Crippen LogP contribution < -0.4 is 16.4 Å². The van der Waals surface area contributed by atoms with Crippen LogP contribution in [0.2, 0.25) is 0 Å². The smallest absolute Gasteiger partial charge is 0.239 e. The molecule has 0 saturated heterocycles. The van der Waals surface area contributed by atoms with E-state index >= 15 is 0 Å². The van der Waals surface area contributed by atoms with Gasteiger partial charge in [-0.2, -0.15) is 0 Å². The zero-order valence-corrected chi connectivity index (χ0v) is 7.67. The molecule has 0 bridgehead atoms. The van der Waals surface area contributed by atoms with E-state index in [-0.39, 0.29) is 24.9 Å². The van der Waals surface area contributed by atoms with E-state index in [2.05, 4.69) is 17.6 Å². The van der Waals surface area contributed by atoms with Crippen molar-refractivity contribution in [1.29, 1.82) is 0 Å². The summed E-state index contributed by atoms with van der Waals surface area (Å²) >= 11 is 0. The van der Waals surface area contributed by atoms with Crippen molar-refractivity contribution in [2.24, 2.45) is 11.7 Å². The molecule has 0 aliphatic heterocycles. The molecule has 0 radical (unpaired) electrons. The van der Waals surface area contributed by atoms with Gasteiger partial charge in [0.25, 0.3) is 0 Å². The van der Waals surface area contributed by atoms with E-state index in [1.54, 1.807) is 0 Å². The lowest BCUT2D eigenvalue weighted by Crippen LogP contribution is -2.40. The summed E-state index contributed by atoms with van der Waals surface area (Å²) in [4.78, 5) is 21.8. The lowest BCUT2D eigenvalue weighted by Gasteiger charge is -2.04. The Morgan fingerprint density at radius 2 is 2.08 bits per heavy atom. The number of rotatable bonds is 4. The number of hydrogen-bond donors (Lipinski definition) is 3. The molecular weight excluding hydrogens is 170 g/mol. The minimum absolute atomic E-state index is 0.0270. The zero-order valence-electron chi connectivity index (χ0n) is 7.67. The van der Waals surface area contributed by atoms with E-state index in [0.29, 0.717) is 12.0 Å². The van der Waals surface area contributed by atoms with Crippen molar-refractivity contribution >= 4 is 11.8 Å². The van der Waals surface area contributed by atoms with Crippen LogP contribution in [0.5, 0.6) is 0 Å². The molecule has 1 aliphatic rings. The predicted octanol–water partition coefficient (Wildman–Crippen LogP) is -1.41. The summed E-state index contributed by atoms with van der Waals surface area (Å²) < 4.78 is 0. The standard InChI is InChI=1S/C8H15N3O2/c1-5-2-6(5)11-8(13)4-10-7(12)3-9/h5-6H,2-4,9H2,1H3,(H,10,12)(H,11,13). The molecule has 2 atom stereocenters. The SMILES string of the molecule is CC1CC1NC(=O)CNC(=O)CN. The summed E-state index contributed by atoms with van der Waals surface area (Å²) in [5.74, 6) is 0.129. The average Bonchev–Trinajstić information content (AvgIpc) is 2.77. The topological polar surface area (TPSA) is 84.2 Å². The third-order valence-electron chi connectivity index (χ3n) is 2.09. The van der Waals surface area contributed by atoms with Crippen LogP contribution in [-0.4, -0.2) is 30.9 Å². The van der Waals surface area contributed by atoms with Crippen molar-refractivity contribution in [2.45, 2.75) is 19.4 Å². The Morgan fingerprint density at radius 3 is 2.54 bits per heavy atom. The maximum atomic E-state index is 11.1. The van der Waals surface area contributed by atoms with Gasteiger partial charge in [0, 0.05) is 6.04 Å². The first-order valence-corrected chi connectivity index (χ1v) is 4.39. The highest BCUT2D eigenvalue weighted by Crippen LogP contribution is 2.28. The summed E-state index contributed by atoms with van der Waals surface area (Å²) in [6.45, 7) is 2.02. The van der Waals surface area contributed by atoms with Crippen LogP contribution in [0.1, 0.15) is 13.3 Å². The largest absolute Gasteiger partial charge is 0.352 e. The first kappa shape index (κ1) is 9.98. The Morgan fingerprint density at radius 1 is 1.46 bits per heavy atom. The van der Waals surface area contributed by atoms with Crippen LogP contribution in [0.3, 0.4) is 0 Å². The van der Waals surface area contributed by atoms with Gasteiger partial charge in [0.1, 0.15) is 0 Å². The molecule has 4 N–H and O–H groups in total. The fourth-order valence-corrected chi connectivity index (χ4v) is 1.03. The number of hydrogen-bond acceptors (Lipinski definition) is 3. The van der Waals surface area contributed by atoms with Gasteiger partial charge in [-0.3, -0.25) is 9.59 Å². The van der Waals surface area contributed by atoms with Crippen LogP contribution in [-0.2, 0) is 9.59 Å². The normalized spacial score (nSPS) is 25.1. The van der Waals surface area contributed by atoms with E-state index in [4.69, 9.17) is 5.73 Å². The molecule has 0 aromatic rings. The maximum Gasteiger partial charge on any atom is 0.239 e. The monoisotopic (exact) mass is 185 g/mol. The van der Waals surface area contributed by atoms with Gasteiger partial charge in [0.05, 0.1) is 13.1 Å². The van der Waals surface area contributed by atoms with Gasteiger partial charge in [0.2, 0.25) is 11.8 Å². The summed E-state index contributed by atoms with van der Waals surface area (Å²) in [5.41, 5.74) is 5.05. The van der Waals surface area contributed by atoms with Crippen molar-refractivity contribution in [2.75, 3.05) is 13.1 Å². The minimum Gasteiger partial charge on any atom is -0.352 e. The fourth-order valence-electron chi connectivity index (χ4n) is 1.03. The van der Waals surface area contributed by atoms with Crippen LogP contribution in [0.25, 0.3) is 0 Å². The number of carbonyl (C=O) groups is 2. The first-order valence-electron chi connectivity index (χ1n) is 4.39. The van der Waals surface area contributed by atoms with Crippen LogP contribution in [0.15, 0.2) is 0 Å². The second kappa shape index (κ2) is 4.23. The average molecular weight is 185 g/mol. The molecule has 0 heterocycles. The second-order valence-corrected chi connectivity index (χ2v) is 3.37. The van der Waals surface area contributed by atoms with Crippen LogP contribution in [0.4, 0.5) is 0 Å². The molecule has 0 aromatic heterocycles. The van der Waals surface area contributed by atoms with Crippen molar-refractivity contribution < 1.29 is 9.59 Å². The Bertz CT molecular complexity index is 217. The van der Waals surface area contributed by atoms with E-state index in [0.717, 1.165) is 6.42 Å². The Labute approximate surface area is 77.1 Å². The first-order chi connectivity index (χ1) is 6.13. The third-order valence-corrected chi connectivity index (χ3v) is 2.09. The third kappa shape index (κ3) is 3.42. The van der Waals surface area contributed by atoms with E-state index < -0.39 is 0 Å². The molecular formula is C8H15N3O2. The second-order valence-electron chi connectivity index (χ2n) is 3.37. The Kier molecular flexibility index (Phi) is 3.25. The molecule has 5 heteroatoms. The summed E-state index contributed by atoms with van der Waals surface area (Å²) in [6, 6.07) is 0.308. The van der Waals surface area contributed by atoms with E-state index in [1.165, 1.54) is 0 Å². The van der Waals surface area contributed by atoms with Gasteiger partial charge in [-0.25, -0.2) is 0 Å². The number of carbonyl (C=O) groups excluding carboxylic acids is 2. The van der Waals surface area contributed by atoms with Crippen molar-refractivity contribution in [3.05, 3.63) is 0 Å². The lowest BCUT2D eigenvalue weighted by atomic mass is 10.4. The molecule has 13 heavy (non-hydrogen) atoms. The minimum atomic E-state index is -0.306. The van der Waals surface area contributed by atoms with Gasteiger partial charge < -0.3 is 16.4 Å². The Hall–Kier alpha value is -1.10. The molecule has 74 valence electrons. The van der Waals surface area contributed by atoms with Gasteiger partial charge in [0.15, 0.2) is 0 Å². The maximum absolute atomic E-state index is 11.1. The summed E-state index contributed by atoms with van der Waals surface area (Å²) in [7, 11) is 0. The molecule has 1 saturated carbocycles. The summed E-state index contributed by atoms with van der Waals surface area (Å²) in [5, 5.41) is 5.19. The van der Waals surface area contributed by atoms with Gasteiger partial charge in [-0.05, 0) is 12.3 Å². The van der Waals surface area contributed by atoms with Crippen molar-refractivity contribution in [3.63, 3.8) is 0 Å². The zero-order chi connectivity index (χ0) is 9.84. The summed E-state index contributed by atoms with van der Waals surface area (Å²) in [6.07, 6.45) is 1.04. The van der Waals surface area contributed by atoms with Crippen LogP contribution >= 0.6 is 0 Å². The molecule has 2 amide bonds. The number of amides is 2. The van der Waals surface area contributed by atoms with E-state index in [9.17, 15) is 9.59 Å². The predicted molar refractivity (Wildman–Crippen MR) is 47.8 cm³/mol. The fraction of sp³-hybridized carbons (Fsp3) is 0.750. The van der Waals surface area contributed by atoms with Gasteiger partial charge in [-0.1, -0.05) is 6.92 Å². The lowest BCUT2D eigenvalue weighted by molar-refractivity contribution is -0.125. The van der Waals surface area contributed by atoms with E-state index in [1.807, 2.05) is 0 Å². The highest BCUT2D eigenvalue weighted by Gasteiger charge is 2.33.